The van der Waals surface area contributed by atoms with Crippen molar-refractivity contribution in [3.05, 3.63) is 69.3 Å². The molecule has 2 atom stereocenters. The average Bonchev–Trinajstić information content (AvgIpc) is 3.00. The summed E-state index contributed by atoms with van der Waals surface area (Å²) in [5.74, 6) is -1.11. The van der Waals surface area contributed by atoms with Crippen molar-refractivity contribution in [1.29, 1.82) is 0 Å². The summed E-state index contributed by atoms with van der Waals surface area (Å²) in [6.45, 7) is 6.20. The molecule has 0 fully saturated rings. The number of carbonyl (C=O) groups is 1. The van der Waals surface area contributed by atoms with Gasteiger partial charge in [0.25, 0.3) is 0 Å². The number of aliphatic hydroxyl groups is 1. The molecule has 0 aliphatic heterocycles. The van der Waals surface area contributed by atoms with Gasteiger partial charge in [0, 0.05) is 38.6 Å². The number of nitrogens with one attached hydrogen (secondary N) is 3. The maximum absolute atomic E-state index is 12.0. The third-order valence-corrected chi connectivity index (χ3v) is 5.15. The van der Waals surface area contributed by atoms with Crippen LogP contribution in [0.4, 0.5) is 0 Å². The molecule has 8 heteroatoms. The number of benzene rings is 2. The highest BCUT2D eigenvalue weighted by atomic mass is 35.5. The minimum atomic E-state index is -1.11. The molecule has 0 radical (unpaired) electrons. The van der Waals surface area contributed by atoms with Crippen molar-refractivity contribution in [2.75, 3.05) is 0 Å². The number of carboxylic acid groups (broad SMARTS) is 1. The number of fused-ring (bicyclic) bond motifs is 1. The second kappa shape index (κ2) is 8.96. The van der Waals surface area contributed by atoms with Crippen LogP contribution in [0.5, 0.6) is 0 Å². The zero-order chi connectivity index (χ0) is 22.1. The van der Waals surface area contributed by atoms with E-state index >= 15 is 0 Å². The summed E-state index contributed by atoms with van der Waals surface area (Å²) < 4.78 is 0. The molecule has 0 aliphatic rings. The molecule has 30 heavy (non-hydrogen) atoms. The molecule has 3 aromatic rings. The summed E-state index contributed by atoms with van der Waals surface area (Å²) in [7, 11) is 0. The lowest BCUT2D eigenvalue weighted by atomic mass is 9.98. The van der Waals surface area contributed by atoms with Crippen LogP contribution in [0.15, 0.2) is 42.5 Å². The Hall–Kier alpha value is -2.09. The highest BCUT2D eigenvalue weighted by molar-refractivity contribution is 6.31. The molecule has 0 spiro atoms. The molecule has 1 aromatic heterocycles. The summed E-state index contributed by atoms with van der Waals surface area (Å²) >= 11 is 12.0. The van der Waals surface area contributed by atoms with Crippen molar-refractivity contribution in [2.24, 2.45) is 0 Å². The number of hydrogen-bond acceptors (Lipinski definition) is 4. The Morgan fingerprint density at radius 3 is 2.33 bits per heavy atom. The first kappa shape index (κ1) is 22.6. The summed E-state index contributed by atoms with van der Waals surface area (Å²) in [6.07, 6.45) is -1.05. The van der Waals surface area contributed by atoms with Crippen molar-refractivity contribution in [1.82, 2.24) is 15.6 Å². The number of aromatic carboxylic acids is 1. The van der Waals surface area contributed by atoms with Crippen molar-refractivity contribution in [3.63, 3.8) is 0 Å². The van der Waals surface area contributed by atoms with E-state index in [-0.39, 0.29) is 5.69 Å². The fourth-order valence-corrected chi connectivity index (χ4v) is 3.71. The van der Waals surface area contributed by atoms with E-state index in [9.17, 15) is 15.0 Å². The van der Waals surface area contributed by atoms with Gasteiger partial charge in [0.1, 0.15) is 11.9 Å². The number of aromatic amines is 1. The number of aliphatic hydroxyl groups excluding tert-OH is 1. The van der Waals surface area contributed by atoms with E-state index < -0.39 is 23.8 Å². The Labute approximate surface area is 185 Å². The van der Waals surface area contributed by atoms with Gasteiger partial charge in [0.2, 0.25) is 0 Å². The molecular weight excluding hydrogens is 425 g/mol. The lowest BCUT2D eigenvalue weighted by Gasteiger charge is -2.31. The summed E-state index contributed by atoms with van der Waals surface area (Å²) in [4.78, 5) is 14.9. The molecular formula is C22H25Cl2N3O3. The first-order chi connectivity index (χ1) is 14.0. The second-order valence-corrected chi connectivity index (χ2v) is 9.11. The van der Waals surface area contributed by atoms with Gasteiger partial charge in [-0.15, -0.1) is 0 Å². The Morgan fingerprint density at radius 2 is 1.73 bits per heavy atom. The summed E-state index contributed by atoms with van der Waals surface area (Å²) in [6, 6.07) is 11.8. The van der Waals surface area contributed by atoms with Crippen LogP contribution >= 0.6 is 23.2 Å². The molecule has 0 aliphatic carbocycles. The van der Waals surface area contributed by atoms with Crippen molar-refractivity contribution >= 4 is 40.1 Å². The number of hydrogen-bond donors (Lipinski definition) is 5. The van der Waals surface area contributed by atoms with Crippen molar-refractivity contribution in [2.45, 2.75) is 45.1 Å². The maximum atomic E-state index is 12.0. The third kappa shape index (κ3) is 5.33. The average molecular weight is 450 g/mol. The van der Waals surface area contributed by atoms with Crippen LogP contribution in [0, 0.1) is 0 Å². The van der Waals surface area contributed by atoms with Gasteiger partial charge in [-0.3, -0.25) is 5.32 Å². The van der Waals surface area contributed by atoms with Gasteiger partial charge in [-0.1, -0.05) is 41.4 Å². The number of carboxylic acids is 1. The standard InChI is InChI=1S/C22H25Cl2N3O3/c1-22(2,3)27-20(28)18(25-11-12-4-6-13(23)7-5-12)17-15-9-8-14(24)10-16(15)26-19(17)21(29)30/h4-10,18,20,25-28H,11H2,1-3H3,(H,29,30). The van der Waals surface area contributed by atoms with Crippen LogP contribution in [0.3, 0.4) is 0 Å². The van der Waals surface area contributed by atoms with E-state index in [1.807, 2.05) is 32.9 Å². The fraction of sp³-hybridized carbons (Fsp3) is 0.318. The number of H-pyrrole nitrogens is 1. The maximum Gasteiger partial charge on any atom is 0.352 e. The van der Waals surface area contributed by atoms with Crippen molar-refractivity contribution < 1.29 is 15.0 Å². The number of halogens is 2. The van der Waals surface area contributed by atoms with Crippen LogP contribution in [0.2, 0.25) is 10.0 Å². The summed E-state index contributed by atoms with van der Waals surface area (Å²) in [5, 5.41) is 29.1. The van der Waals surface area contributed by atoms with Crippen LogP contribution < -0.4 is 10.6 Å². The lowest BCUT2D eigenvalue weighted by Crippen LogP contribution is -2.50. The lowest BCUT2D eigenvalue weighted by molar-refractivity contribution is 0.0636. The third-order valence-electron chi connectivity index (χ3n) is 4.66. The Balaban J connectivity index is 2.05. The Kier molecular flexibility index (Phi) is 6.75. The van der Waals surface area contributed by atoms with Crippen LogP contribution in [0.25, 0.3) is 10.9 Å². The summed E-state index contributed by atoms with van der Waals surface area (Å²) in [5.41, 5.74) is 1.63. The molecule has 160 valence electrons. The zero-order valence-electron chi connectivity index (χ0n) is 17.0. The fourth-order valence-electron chi connectivity index (χ4n) is 3.41. The van der Waals surface area contributed by atoms with Crippen LogP contribution in [-0.2, 0) is 6.54 Å². The second-order valence-electron chi connectivity index (χ2n) is 8.23. The van der Waals surface area contributed by atoms with Gasteiger partial charge in [-0.2, -0.15) is 0 Å². The first-order valence-electron chi connectivity index (χ1n) is 9.53. The van der Waals surface area contributed by atoms with Crippen LogP contribution in [-0.4, -0.2) is 32.9 Å². The Bertz CT molecular complexity index is 1040. The van der Waals surface area contributed by atoms with Gasteiger partial charge in [-0.05, 0) is 50.6 Å². The SMILES string of the molecule is CC(C)(C)NC(O)C(NCc1ccc(Cl)cc1)c1c(C(=O)O)[nH]c2cc(Cl)ccc12. The predicted octanol–water partition coefficient (Wildman–Crippen LogP) is 4.71. The zero-order valence-corrected chi connectivity index (χ0v) is 18.5. The van der Waals surface area contributed by atoms with E-state index in [0.29, 0.717) is 33.1 Å². The van der Waals surface area contributed by atoms with Gasteiger partial charge >= 0.3 is 5.97 Å². The molecule has 0 saturated heterocycles. The van der Waals surface area contributed by atoms with Gasteiger partial charge < -0.3 is 20.5 Å². The molecule has 0 bridgehead atoms. The van der Waals surface area contributed by atoms with Crippen LogP contribution in [0.1, 0.15) is 48.4 Å². The van der Waals surface area contributed by atoms with E-state index in [1.54, 1.807) is 30.3 Å². The van der Waals surface area contributed by atoms with E-state index in [1.165, 1.54) is 0 Å². The quantitative estimate of drug-likeness (QED) is 0.336. The number of aromatic nitrogens is 1. The molecule has 2 unspecified atom stereocenters. The van der Waals surface area contributed by atoms with E-state index in [0.717, 1.165) is 5.56 Å². The number of rotatable bonds is 7. The molecule has 0 saturated carbocycles. The van der Waals surface area contributed by atoms with Gasteiger partial charge in [0.15, 0.2) is 0 Å². The smallest absolute Gasteiger partial charge is 0.352 e. The predicted molar refractivity (Wildman–Crippen MR) is 120 cm³/mol. The monoisotopic (exact) mass is 449 g/mol. The minimum absolute atomic E-state index is 0.00984. The minimum Gasteiger partial charge on any atom is -0.477 e. The molecule has 2 aromatic carbocycles. The largest absolute Gasteiger partial charge is 0.477 e. The molecule has 3 rings (SSSR count). The molecule has 5 N–H and O–H groups in total. The van der Waals surface area contributed by atoms with E-state index in [4.69, 9.17) is 23.2 Å². The molecule has 1 heterocycles. The Morgan fingerprint density at radius 1 is 1.10 bits per heavy atom. The first-order valence-corrected chi connectivity index (χ1v) is 10.3. The topological polar surface area (TPSA) is 97.4 Å². The highest BCUT2D eigenvalue weighted by Gasteiger charge is 2.31. The van der Waals surface area contributed by atoms with E-state index in [2.05, 4.69) is 15.6 Å². The highest BCUT2D eigenvalue weighted by Crippen LogP contribution is 2.32. The van der Waals surface area contributed by atoms with Crippen molar-refractivity contribution in [3.8, 4) is 0 Å². The molecule has 6 nitrogen and oxygen atoms in total. The normalized spacial score (nSPS) is 14.1. The molecule has 0 amide bonds. The van der Waals surface area contributed by atoms with Gasteiger partial charge in [-0.25, -0.2) is 4.79 Å². The van der Waals surface area contributed by atoms with Gasteiger partial charge in [0.05, 0.1) is 6.04 Å².